The normalized spacial score (nSPS) is 10.8. The molecule has 0 aliphatic heterocycles. The first-order chi connectivity index (χ1) is 7.97. The average molecular weight is 276 g/mol. The minimum atomic E-state index is -4.94. The maximum absolute atomic E-state index is 12.4. The van der Waals surface area contributed by atoms with Crippen LogP contribution in [0.3, 0.4) is 0 Å². The molecule has 0 aromatic heterocycles. The van der Waals surface area contributed by atoms with E-state index in [4.69, 9.17) is 5.11 Å². The number of rotatable bonds is 2. The molecule has 2 aromatic carbocycles. The molecule has 6 heteroatoms. The summed E-state index contributed by atoms with van der Waals surface area (Å²) in [7, 11) is 0. The van der Waals surface area contributed by atoms with Crippen molar-refractivity contribution in [3.63, 3.8) is 0 Å². The van der Waals surface area contributed by atoms with E-state index in [0.29, 0.717) is 5.56 Å². The first-order valence-corrected chi connectivity index (χ1v) is 5.06. The van der Waals surface area contributed by atoms with Crippen LogP contribution in [0.5, 0.6) is 5.75 Å². The van der Waals surface area contributed by atoms with Gasteiger partial charge in [-0.2, -0.15) is 0 Å². The zero-order valence-electron chi connectivity index (χ0n) is 9.78. The second-order valence-electron chi connectivity index (χ2n) is 3.74. The van der Waals surface area contributed by atoms with Crippen molar-refractivity contribution in [3.8, 4) is 16.9 Å². The van der Waals surface area contributed by atoms with Crippen LogP contribution in [-0.2, 0) is 0 Å². The Morgan fingerprint density at radius 1 is 0.722 bits per heavy atom. The Morgan fingerprint density at radius 3 is 1.50 bits per heavy atom. The van der Waals surface area contributed by atoms with Gasteiger partial charge in [0.1, 0.15) is 5.75 Å². The fraction of sp³-hybridized carbons (Fsp3) is 0. The van der Waals surface area contributed by atoms with Gasteiger partial charge in [0.25, 0.3) is 0 Å². The second kappa shape index (κ2) is 6.25. The van der Waals surface area contributed by atoms with Gasteiger partial charge in [-0.15, -0.1) is 5.46 Å². The van der Waals surface area contributed by atoms with E-state index in [9.17, 15) is 12.9 Å². The maximum Gasteiger partial charge on any atom is 1.00 e. The summed E-state index contributed by atoms with van der Waals surface area (Å²) < 4.78 is 37.2. The average Bonchev–Trinajstić information content (AvgIpc) is 2.29. The van der Waals surface area contributed by atoms with Crippen molar-refractivity contribution in [3.05, 3.63) is 48.5 Å². The van der Waals surface area contributed by atoms with Crippen molar-refractivity contribution in [2.45, 2.75) is 0 Å². The summed E-state index contributed by atoms with van der Waals surface area (Å²) in [6.45, 7) is -4.94. The van der Waals surface area contributed by atoms with Crippen molar-refractivity contribution >= 4 is 12.4 Å². The van der Waals surface area contributed by atoms with Crippen molar-refractivity contribution in [2.75, 3.05) is 0 Å². The van der Waals surface area contributed by atoms with E-state index < -0.39 is 12.4 Å². The van der Waals surface area contributed by atoms with Gasteiger partial charge in [-0.3, -0.25) is 0 Å². The summed E-state index contributed by atoms with van der Waals surface area (Å²) >= 11 is 0. The van der Waals surface area contributed by atoms with E-state index in [-0.39, 0.29) is 57.1 Å². The molecule has 2 rings (SSSR count). The molecule has 0 heterocycles. The standard InChI is InChI=1S/C12H9BF3O.K/c14-13(15,16)11-5-1-9(2-6-11)10-3-7-12(17)8-4-10;/h1-8,17H;/q-1;+1. The molecule has 0 aliphatic carbocycles. The van der Waals surface area contributed by atoms with E-state index in [0.717, 1.165) is 17.7 Å². The fourth-order valence-corrected chi connectivity index (χ4v) is 1.55. The minimum absolute atomic E-state index is 0. The molecule has 1 nitrogen and oxygen atoms in total. The van der Waals surface area contributed by atoms with Crippen LogP contribution in [0.15, 0.2) is 48.5 Å². The second-order valence-corrected chi connectivity index (χ2v) is 3.74. The van der Waals surface area contributed by atoms with Crippen LogP contribution in [0.1, 0.15) is 0 Å². The predicted octanol–water partition coefficient (Wildman–Crippen LogP) is 0.118. The third-order valence-corrected chi connectivity index (χ3v) is 2.49. The molecule has 0 bridgehead atoms. The van der Waals surface area contributed by atoms with Crippen LogP contribution >= 0.6 is 0 Å². The van der Waals surface area contributed by atoms with Crippen molar-refractivity contribution in [2.24, 2.45) is 0 Å². The van der Waals surface area contributed by atoms with Gasteiger partial charge in [-0.25, -0.2) is 0 Å². The van der Waals surface area contributed by atoms with E-state index in [1.807, 2.05) is 0 Å². The summed E-state index contributed by atoms with van der Waals surface area (Å²) in [5, 5.41) is 9.11. The number of halogens is 3. The Morgan fingerprint density at radius 2 is 1.11 bits per heavy atom. The molecular formula is C12H9BF3KO. The predicted molar refractivity (Wildman–Crippen MR) is 62.3 cm³/mol. The minimum Gasteiger partial charge on any atom is -0.508 e. The topological polar surface area (TPSA) is 20.2 Å². The first kappa shape index (κ1) is 15.8. The van der Waals surface area contributed by atoms with Crippen molar-refractivity contribution in [1.29, 1.82) is 0 Å². The monoisotopic (exact) mass is 276 g/mol. The van der Waals surface area contributed by atoms with Gasteiger partial charge in [0.05, 0.1) is 0 Å². The van der Waals surface area contributed by atoms with Gasteiger partial charge in [0.2, 0.25) is 0 Å². The smallest absolute Gasteiger partial charge is 0.508 e. The van der Waals surface area contributed by atoms with Crippen LogP contribution in [0.25, 0.3) is 11.1 Å². The molecule has 0 atom stereocenters. The SMILES string of the molecule is Oc1ccc(-c2ccc([B-](F)(F)F)cc2)cc1.[K+]. The molecule has 0 amide bonds. The van der Waals surface area contributed by atoms with Crippen LogP contribution in [0.2, 0.25) is 0 Å². The first-order valence-electron chi connectivity index (χ1n) is 5.06. The summed E-state index contributed by atoms with van der Waals surface area (Å²) in [4.78, 5) is 0. The van der Waals surface area contributed by atoms with Gasteiger partial charge in [-0.1, -0.05) is 36.4 Å². The molecule has 0 spiro atoms. The van der Waals surface area contributed by atoms with E-state index in [2.05, 4.69) is 0 Å². The van der Waals surface area contributed by atoms with E-state index in [1.165, 1.54) is 24.3 Å². The van der Waals surface area contributed by atoms with Crippen LogP contribution in [-0.4, -0.2) is 12.1 Å². The summed E-state index contributed by atoms with van der Waals surface area (Å²) in [5.74, 6) is 0.129. The Balaban J connectivity index is 0.00000162. The summed E-state index contributed by atoms with van der Waals surface area (Å²) in [6, 6.07) is 11.3. The number of phenols is 1. The third kappa shape index (κ3) is 3.86. The molecule has 88 valence electrons. The Labute approximate surface area is 146 Å². The van der Waals surface area contributed by atoms with Crippen LogP contribution in [0.4, 0.5) is 12.9 Å². The molecule has 0 saturated heterocycles. The van der Waals surface area contributed by atoms with Gasteiger partial charge < -0.3 is 18.1 Å². The number of aromatic hydroxyl groups is 1. The third-order valence-electron chi connectivity index (χ3n) is 2.49. The van der Waals surface area contributed by atoms with Gasteiger partial charge >= 0.3 is 58.4 Å². The fourth-order valence-electron chi connectivity index (χ4n) is 1.55. The largest absolute Gasteiger partial charge is 1.00 e. The molecule has 0 radical (unpaired) electrons. The van der Waals surface area contributed by atoms with Crippen molar-refractivity contribution in [1.82, 2.24) is 0 Å². The molecule has 0 aliphatic rings. The zero-order chi connectivity index (χ0) is 12.5. The van der Waals surface area contributed by atoms with Crippen LogP contribution in [0, 0.1) is 0 Å². The molecule has 18 heavy (non-hydrogen) atoms. The van der Waals surface area contributed by atoms with Gasteiger partial charge in [0, 0.05) is 0 Å². The summed E-state index contributed by atoms with van der Waals surface area (Å²) in [6.07, 6.45) is 0. The zero-order valence-corrected chi connectivity index (χ0v) is 12.9. The number of hydrogen-bond donors (Lipinski definition) is 1. The van der Waals surface area contributed by atoms with Gasteiger partial charge in [-0.05, 0) is 23.3 Å². The Bertz CT molecular complexity index is 508. The van der Waals surface area contributed by atoms with Crippen molar-refractivity contribution < 1.29 is 69.4 Å². The molecule has 0 fully saturated rings. The molecular weight excluding hydrogens is 267 g/mol. The molecule has 0 saturated carbocycles. The van der Waals surface area contributed by atoms with Crippen LogP contribution < -0.4 is 56.8 Å². The Hall–Kier alpha value is -0.269. The van der Waals surface area contributed by atoms with E-state index >= 15 is 0 Å². The molecule has 1 N–H and O–H groups in total. The number of phenolic OH excluding ortho intramolecular Hbond substituents is 1. The Kier molecular flexibility index (Phi) is 5.49. The summed E-state index contributed by atoms with van der Waals surface area (Å²) in [5.41, 5.74) is 0.852. The quantitative estimate of drug-likeness (QED) is 0.772. The maximum atomic E-state index is 12.4. The number of hydrogen-bond acceptors (Lipinski definition) is 1. The molecule has 0 unspecified atom stereocenters. The molecule has 2 aromatic rings. The number of benzene rings is 2. The van der Waals surface area contributed by atoms with E-state index in [1.54, 1.807) is 12.1 Å². The van der Waals surface area contributed by atoms with Gasteiger partial charge in [0.15, 0.2) is 0 Å².